The molecule has 30 heterocycles. The average molecular weight is 1280 g/mol. The van der Waals surface area contributed by atoms with Gasteiger partial charge in [0.15, 0.2) is 44.0 Å². The lowest BCUT2D eigenvalue weighted by Crippen LogP contribution is -2.67. The molecule has 31 heteroatoms. The van der Waals surface area contributed by atoms with Crippen LogP contribution in [0, 0.1) is 5.92 Å². The summed E-state index contributed by atoms with van der Waals surface area (Å²) >= 11 is 0. The van der Waals surface area contributed by atoms with E-state index in [-0.39, 0.29) is 57.8 Å². The fraction of sp³-hybridized carbons (Fsp3) is 1.00. The maximum absolute atomic E-state index is 11.8. The van der Waals surface area contributed by atoms with Crippen molar-refractivity contribution < 1.29 is 153 Å². The van der Waals surface area contributed by atoms with Gasteiger partial charge in [0.25, 0.3) is 0 Å². The Hall–Kier alpha value is -1.24. The van der Waals surface area contributed by atoms with Crippen molar-refractivity contribution in [3.63, 3.8) is 0 Å². The normalized spacial score (nSPS) is 55.4. The molecule has 0 aromatic rings. The first-order valence-corrected chi connectivity index (χ1v) is 31.6. The van der Waals surface area contributed by atoms with Crippen LogP contribution in [-0.4, -0.2) is 321 Å². The molecule has 30 rings (SSSR count). The fourth-order valence-electron chi connectivity index (χ4n) is 13.9. The predicted octanol–water partition coefficient (Wildman–Crippen LogP) is -5.40. The van der Waals surface area contributed by atoms with Crippen LogP contribution < -0.4 is 0 Å². The zero-order chi connectivity index (χ0) is 64.1. The molecule has 30 aliphatic rings. The highest BCUT2D eigenvalue weighted by Crippen LogP contribution is 2.42. The van der Waals surface area contributed by atoms with Gasteiger partial charge in [0.1, 0.15) is 134 Å². The van der Waals surface area contributed by atoms with Gasteiger partial charge in [-0.1, -0.05) is 55.4 Å². The molecule has 0 aromatic heterocycles. The van der Waals surface area contributed by atoms with E-state index < -0.39 is 245 Å². The number of hydrogen-bond donors (Lipinski definition) is 16. The van der Waals surface area contributed by atoms with Gasteiger partial charge >= 0.3 is 0 Å². The molecule has 40 atom stereocenters. The zero-order valence-electron chi connectivity index (χ0n) is 50.7. The number of hydrogen-bond acceptors (Lipinski definition) is 31. The highest BCUT2D eigenvalue weighted by atomic mass is 16.8. The topological polar surface area (TPSA) is 462 Å². The quantitative estimate of drug-likeness (QED) is 0.108. The Bertz CT molecular complexity index is 1700. The zero-order valence-corrected chi connectivity index (χ0v) is 50.7. The van der Waals surface area contributed by atoms with Crippen LogP contribution in [0.25, 0.3) is 0 Å². The van der Waals surface area contributed by atoms with Crippen LogP contribution in [0.4, 0.5) is 0 Å². The summed E-state index contributed by atoms with van der Waals surface area (Å²) in [4.78, 5) is 0. The lowest BCUT2D eigenvalue weighted by molar-refractivity contribution is -0.396. The van der Waals surface area contributed by atoms with Crippen molar-refractivity contribution in [1.82, 2.24) is 0 Å². The van der Waals surface area contributed by atoms with E-state index in [0.717, 1.165) is 0 Å². The maximum atomic E-state index is 11.8. The Morgan fingerprint density at radius 1 is 0.193 bits per heavy atom. The van der Waals surface area contributed by atoms with Crippen LogP contribution in [0.15, 0.2) is 0 Å². The summed E-state index contributed by atoms with van der Waals surface area (Å²) in [6.45, 7) is 13.4. The molecule has 30 fully saturated rings. The molecule has 16 unspecified atom stereocenters. The standard InChI is InChI=1S/C57H98O31/c1-9-19-18-17-27-29(59)30(60)44(20(10-2)74-27)82-52-38(68)32(62)46(22(12-4)76-52)84-54-40(70)34(64)48(24(14-6)78-54)86-56-42(72)36(66)50(26(16-8)80-56)88-57-43(73)35(65)49(25(15-7)81-57)87-55-41(71)33(63)47(23(13-5)79-55)85-53-39(69)31(61)45(21(11-3)77-53)83-51(75-19)37(67)28(18)58/h18-73H,9-17H2,1-8H3/t18-,19?,20?,21?,22?,23?,24?,25?,26?,27+,28+,29?,30-,31-,32-,33-,34-,35-,36-,37?,38?,39?,40?,41?,42?,43?,44-,45-,46-,47-,48-,49-,50-,51+,52+,53-,54+,55-,56-,57-/m1/s1. The van der Waals surface area contributed by atoms with E-state index in [1.165, 1.54) is 0 Å². The van der Waals surface area contributed by atoms with Gasteiger partial charge in [-0.25, -0.2) is 0 Å². The third-order valence-electron chi connectivity index (χ3n) is 19.2. The SMILES string of the molecule is CCC1O[C@H]2O[C@@H]3C(CC)O[C@H](O[C@@H]4C(CC)O[C@H](O[C@@H]5C(CC)O[C@H](O[C@@H]6C(CC)O[C@H](O[C@@H]7C(CC)O[C@@H](O[C@@H]8C(CC)O[C@@H](O[C@@H]9C(CC)O[C@@H](C[C@H]1[C@H](O)C2O)C(O)[C@H]9O)C(O)[C@H]8O)C(O)[C@H]7O)C(O)[C@H]6O)C(O)[C@H]5O)C(O)[C@H]4O)C(O)[C@H]3O. The van der Waals surface area contributed by atoms with E-state index >= 15 is 0 Å². The Labute approximate surface area is 510 Å². The van der Waals surface area contributed by atoms with Crippen molar-refractivity contribution in [1.29, 1.82) is 0 Å². The first kappa shape index (κ1) is 71.1. The van der Waals surface area contributed by atoms with E-state index in [2.05, 4.69) is 0 Å². The van der Waals surface area contributed by atoms with Gasteiger partial charge < -0.3 is 153 Å². The Kier molecular flexibility index (Phi) is 24.4. The van der Waals surface area contributed by atoms with Crippen molar-refractivity contribution in [2.45, 2.75) is 353 Å². The molecule has 512 valence electrons. The van der Waals surface area contributed by atoms with E-state index in [4.69, 9.17) is 71.1 Å². The highest BCUT2D eigenvalue weighted by Gasteiger charge is 2.59. The minimum Gasteiger partial charge on any atom is -0.390 e. The van der Waals surface area contributed by atoms with Crippen LogP contribution in [0.2, 0.25) is 0 Å². The van der Waals surface area contributed by atoms with Crippen LogP contribution in [0.3, 0.4) is 0 Å². The first-order chi connectivity index (χ1) is 41.9. The Morgan fingerprint density at radius 2 is 0.364 bits per heavy atom. The largest absolute Gasteiger partial charge is 0.390 e. The molecule has 30 saturated heterocycles. The second-order valence-corrected chi connectivity index (χ2v) is 24.7. The highest BCUT2D eigenvalue weighted by molar-refractivity contribution is 5.03. The van der Waals surface area contributed by atoms with Gasteiger partial charge in [0, 0.05) is 5.92 Å². The van der Waals surface area contributed by atoms with Gasteiger partial charge in [0.2, 0.25) is 0 Å². The van der Waals surface area contributed by atoms with E-state index in [9.17, 15) is 81.7 Å². The summed E-state index contributed by atoms with van der Waals surface area (Å²) in [5, 5.41) is 186. The third kappa shape index (κ3) is 13.9. The van der Waals surface area contributed by atoms with Gasteiger partial charge in [0.05, 0.1) is 61.0 Å². The molecule has 0 aliphatic carbocycles. The van der Waals surface area contributed by atoms with Gasteiger partial charge in [-0.3, -0.25) is 0 Å². The second kappa shape index (κ2) is 30.2. The molecule has 31 nitrogen and oxygen atoms in total. The van der Waals surface area contributed by atoms with Crippen LogP contribution in [-0.2, 0) is 71.1 Å². The molecule has 0 radical (unpaired) electrons. The minimum absolute atomic E-state index is 0.0936. The summed E-state index contributed by atoms with van der Waals surface area (Å²) in [5.41, 5.74) is 0. The minimum atomic E-state index is -1.92. The predicted molar refractivity (Wildman–Crippen MR) is 290 cm³/mol. The average Bonchev–Trinajstić information content (AvgIpc) is 0.985. The number of aliphatic hydroxyl groups excluding tert-OH is 16. The van der Waals surface area contributed by atoms with Crippen LogP contribution in [0.5, 0.6) is 0 Å². The number of ether oxygens (including phenoxy) is 15. The lowest BCUT2D eigenvalue weighted by Gasteiger charge is -2.51. The molecule has 0 spiro atoms. The Morgan fingerprint density at radius 3 is 0.568 bits per heavy atom. The monoisotopic (exact) mass is 1280 g/mol. The van der Waals surface area contributed by atoms with Gasteiger partial charge in [-0.15, -0.1) is 0 Å². The molecular formula is C57H98O31. The summed E-state index contributed by atoms with van der Waals surface area (Å²) in [6, 6.07) is 0. The molecule has 88 heavy (non-hydrogen) atoms. The smallest absolute Gasteiger partial charge is 0.187 e. The Balaban J connectivity index is 0.975. The van der Waals surface area contributed by atoms with Gasteiger partial charge in [-0.2, -0.15) is 0 Å². The number of aliphatic hydroxyl groups is 16. The van der Waals surface area contributed by atoms with Crippen molar-refractivity contribution in [2.75, 3.05) is 0 Å². The van der Waals surface area contributed by atoms with Crippen molar-refractivity contribution in [2.24, 2.45) is 5.92 Å². The van der Waals surface area contributed by atoms with E-state index in [1.807, 2.05) is 0 Å². The molecule has 16 N–H and O–H groups in total. The van der Waals surface area contributed by atoms with E-state index in [0.29, 0.717) is 0 Å². The summed E-state index contributed by atoms with van der Waals surface area (Å²) in [5.74, 6) is -0.961. The van der Waals surface area contributed by atoms with Crippen molar-refractivity contribution >= 4 is 0 Å². The summed E-state index contributed by atoms with van der Waals surface area (Å²) in [7, 11) is 0. The second-order valence-electron chi connectivity index (χ2n) is 24.7. The van der Waals surface area contributed by atoms with Gasteiger partial charge in [-0.05, 0) is 57.8 Å². The van der Waals surface area contributed by atoms with Crippen LogP contribution >= 0.6 is 0 Å². The van der Waals surface area contributed by atoms with E-state index in [1.54, 1.807) is 55.4 Å². The molecule has 30 aliphatic heterocycles. The van der Waals surface area contributed by atoms with Crippen molar-refractivity contribution in [3.05, 3.63) is 0 Å². The van der Waals surface area contributed by atoms with Crippen LogP contribution in [0.1, 0.15) is 113 Å². The third-order valence-corrected chi connectivity index (χ3v) is 19.2. The molecule has 0 aromatic carbocycles. The summed E-state index contributed by atoms with van der Waals surface area (Å²) < 4.78 is 92.4. The summed E-state index contributed by atoms with van der Waals surface area (Å²) in [6.07, 6.45) is -60.0. The molecular weight excluding hydrogens is 1180 g/mol. The first-order valence-electron chi connectivity index (χ1n) is 31.6. The lowest BCUT2D eigenvalue weighted by atomic mass is 9.80. The molecule has 16 bridgehead atoms. The fourth-order valence-corrected chi connectivity index (χ4v) is 13.9. The molecule has 0 saturated carbocycles. The number of rotatable bonds is 8. The molecule has 0 amide bonds. The van der Waals surface area contributed by atoms with Crippen molar-refractivity contribution in [3.8, 4) is 0 Å². The maximum Gasteiger partial charge on any atom is 0.187 e.